The van der Waals surface area contributed by atoms with Gasteiger partial charge in [-0.05, 0) is 50.1 Å². The number of hydrogen-bond acceptors (Lipinski definition) is 16. The Morgan fingerprint density at radius 3 is 2.50 bits per heavy atom. The molecule has 19 nitrogen and oxygen atoms in total. The fourth-order valence-corrected chi connectivity index (χ4v) is 10.6. The molecule has 6 atom stereocenters. The lowest BCUT2D eigenvalue weighted by Gasteiger charge is -2.22. The molecule has 26 heteroatoms. The minimum Gasteiger partial charge on any atom is -0.466 e. The van der Waals surface area contributed by atoms with E-state index in [9.17, 15) is 37.9 Å². The van der Waals surface area contributed by atoms with Crippen molar-refractivity contribution in [1.82, 2.24) is 9.55 Å². The van der Waals surface area contributed by atoms with E-state index < -0.39 is 75.2 Å². The summed E-state index contributed by atoms with van der Waals surface area (Å²) in [7, 11) is -14.0. The van der Waals surface area contributed by atoms with Crippen molar-refractivity contribution in [2.75, 3.05) is 37.5 Å². The highest BCUT2D eigenvalue weighted by molar-refractivity contribution is 8.77. The van der Waals surface area contributed by atoms with E-state index in [0.717, 1.165) is 30.0 Å². The zero-order valence-electron chi connectivity index (χ0n) is 30.0. The average Bonchev–Trinajstić information content (AvgIpc) is 3.45. The van der Waals surface area contributed by atoms with Crippen LogP contribution in [0.3, 0.4) is 0 Å². The van der Waals surface area contributed by atoms with Crippen LogP contribution in [0.1, 0.15) is 84.4 Å². The van der Waals surface area contributed by atoms with Gasteiger partial charge in [0, 0.05) is 30.4 Å². The molecule has 1 fully saturated rings. The number of H-pyrrole nitrogens is 1. The normalized spacial score (nSPS) is 20.4. The maximum Gasteiger partial charge on any atom is 0.490 e. The molecule has 5 N–H and O–H groups in total. The number of phosphoric acid groups is 3. The van der Waals surface area contributed by atoms with E-state index in [-0.39, 0.29) is 42.1 Å². The van der Waals surface area contributed by atoms with Gasteiger partial charge in [-0.1, -0.05) is 63.2 Å². The highest BCUT2D eigenvalue weighted by Crippen LogP contribution is 2.66. The van der Waals surface area contributed by atoms with E-state index in [1.807, 2.05) is 17.7 Å². The fourth-order valence-electron chi connectivity index (χ4n) is 4.51. The van der Waals surface area contributed by atoms with Crippen LogP contribution in [0.2, 0.25) is 0 Å². The topological polar surface area (TPSA) is 269 Å². The molecule has 1 saturated heterocycles. The predicted molar refractivity (Wildman–Crippen MR) is 206 cm³/mol. The van der Waals surface area contributed by atoms with Crippen molar-refractivity contribution in [3.63, 3.8) is 0 Å². The Balaban J connectivity index is 1.95. The summed E-state index contributed by atoms with van der Waals surface area (Å²) >= 11 is 5.29. The van der Waals surface area contributed by atoms with Crippen LogP contribution in [-0.2, 0) is 71.2 Å². The third kappa shape index (κ3) is 20.1. The first-order valence-electron chi connectivity index (χ1n) is 16.4. The van der Waals surface area contributed by atoms with Crippen molar-refractivity contribution < 1.29 is 70.2 Å². The third-order valence-corrected chi connectivity index (χ3v) is 15.8. The number of aromatic nitrogens is 2. The minimum absolute atomic E-state index is 0.0350. The molecule has 0 saturated carbocycles. The second kappa shape index (κ2) is 23.6. The van der Waals surface area contributed by atoms with Gasteiger partial charge >= 0.3 is 35.1 Å². The number of esters is 1. The second-order valence-electron chi connectivity index (χ2n) is 12.0. The molecule has 1 aromatic rings. The molecule has 2 rings (SSSR count). The maximum atomic E-state index is 12.8. The molecule has 1 aliphatic heterocycles. The number of unbranched alkanes of at least 4 members (excludes halogenated alkanes) is 1. The summed E-state index contributed by atoms with van der Waals surface area (Å²) in [5.41, 5.74) is -1.82. The molecule has 2 heterocycles. The van der Waals surface area contributed by atoms with Gasteiger partial charge in [-0.2, -0.15) is 8.62 Å². The van der Waals surface area contributed by atoms with Gasteiger partial charge in [0.1, 0.15) is 23.8 Å². The Morgan fingerprint density at radius 2 is 1.83 bits per heavy atom. The van der Waals surface area contributed by atoms with Gasteiger partial charge < -0.3 is 38.5 Å². The number of hydrogen-bond donors (Lipinski definition) is 5. The summed E-state index contributed by atoms with van der Waals surface area (Å²) in [5.74, 6) is 6.08. The van der Waals surface area contributed by atoms with Crippen molar-refractivity contribution >= 4 is 71.7 Å². The van der Waals surface area contributed by atoms with Crippen LogP contribution in [0.25, 0.3) is 0 Å². The van der Waals surface area contributed by atoms with Gasteiger partial charge in [-0.3, -0.25) is 23.7 Å². The van der Waals surface area contributed by atoms with E-state index in [2.05, 4.69) is 46.2 Å². The maximum absolute atomic E-state index is 12.8. The fraction of sp³-hybridized carbons (Fsp3) is 0.750. The van der Waals surface area contributed by atoms with Gasteiger partial charge in [0.2, 0.25) is 0 Å². The molecule has 0 amide bonds. The van der Waals surface area contributed by atoms with Crippen molar-refractivity contribution in [2.45, 2.75) is 95.8 Å². The first-order chi connectivity index (χ1) is 25.2. The summed E-state index contributed by atoms with van der Waals surface area (Å²) in [6.07, 6.45) is 1.43. The van der Waals surface area contributed by atoms with E-state index >= 15 is 0 Å². The van der Waals surface area contributed by atoms with E-state index in [1.165, 1.54) is 0 Å². The first kappa shape index (κ1) is 49.4. The molecule has 0 aromatic carbocycles. The van der Waals surface area contributed by atoms with Gasteiger partial charge in [0.05, 0.1) is 31.7 Å². The lowest BCUT2D eigenvalue weighted by atomic mass is 10.1. The number of aromatic amines is 1. The number of ether oxygens (including phenoxy) is 4. The summed E-state index contributed by atoms with van der Waals surface area (Å²) in [6, 6.07) is 0. The van der Waals surface area contributed by atoms with Crippen molar-refractivity contribution in [2.24, 2.45) is 0 Å². The number of phosphoric ester groups is 1. The zero-order valence-corrected chi connectivity index (χ0v) is 36.0. The lowest BCUT2D eigenvalue weighted by Crippen LogP contribution is -2.33. The SMILES string of the molecule is CCCC(C)(C)SSCOCCCCOC(=O)CCC#Cc1cn([C@H]2C[C@H](OCS(=S)CC)[C@@H](COP(=O)(O)OP(=O)(O)OP(=O)(O)O)O2)c(=O)[nH]c1=O. The van der Waals surface area contributed by atoms with Crippen LogP contribution in [0.5, 0.6) is 0 Å². The summed E-state index contributed by atoms with van der Waals surface area (Å²) in [5, 5.41) is 0. The van der Waals surface area contributed by atoms with Crippen LogP contribution in [0, 0.1) is 11.8 Å². The molecule has 3 unspecified atom stereocenters. The van der Waals surface area contributed by atoms with Crippen LogP contribution in [-0.4, -0.2) is 89.5 Å². The van der Waals surface area contributed by atoms with Crippen molar-refractivity contribution in [3.8, 4) is 11.8 Å². The predicted octanol–water partition coefficient (Wildman–Crippen LogP) is 4.00. The van der Waals surface area contributed by atoms with Crippen LogP contribution >= 0.6 is 45.1 Å². The third-order valence-electron chi connectivity index (χ3n) is 6.90. The van der Waals surface area contributed by atoms with E-state index in [1.54, 1.807) is 10.8 Å². The van der Waals surface area contributed by atoms with E-state index in [0.29, 0.717) is 24.7 Å². The van der Waals surface area contributed by atoms with Gasteiger partial charge in [0.25, 0.3) is 5.56 Å². The Morgan fingerprint density at radius 1 is 1.13 bits per heavy atom. The van der Waals surface area contributed by atoms with E-state index in [4.69, 9.17) is 44.4 Å². The molecular formula is C28H47N2O17P3S4. The summed E-state index contributed by atoms with van der Waals surface area (Å²) in [4.78, 5) is 76.3. The Hall–Kier alpha value is -0.730. The minimum atomic E-state index is -5.76. The number of carbonyl (C=O) groups is 1. The molecule has 1 aromatic heterocycles. The first-order valence-corrected chi connectivity index (χ1v) is 25.8. The molecule has 0 spiro atoms. The van der Waals surface area contributed by atoms with Crippen LogP contribution in [0.15, 0.2) is 15.8 Å². The molecule has 0 bridgehead atoms. The number of nitrogens with zero attached hydrogens (tertiary/aromatic N) is 1. The monoisotopic (exact) mass is 904 g/mol. The molecular weight excluding hydrogens is 857 g/mol. The average molecular weight is 905 g/mol. The quantitative estimate of drug-likeness (QED) is 0.0232. The van der Waals surface area contributed by atoms with Crippen LogP contribution < -0.4 is 11.2 Å². The van der Waals surface area contributed by atoms with Gasteiger partial charge in [0.15, 0.2) is 0 Å². The van der Waals surface area contributed by atoms with Crippen molar-refractivity contribution in [1.29, 1.82) is 0 Å². The Labute approximate surface area is 327 Å². The molecule has 1 aliphatic rings. The summed E-state index contributed by atoms with van der Waals surface area (Å²) < 4.78 is 70.8. The molecule has 0 radical (unpaired) electrons. The summed E-state index contributed by atoms with van der Waals surface area (Å²) in [6.45, 7) is 8.35. The van der Waals surface area contributed by atoms with Crippen molar-refractivity contribution in [3.05, 3.63) is 32.6 Å². The van der Waals surface area contributed by atoms with Gasteiger partial charge in [-0.25, -0.2) is 18.5 Å². The Kier molecular flexibility index (Phi) is 21.6. The largest absolute Gasteiger partial charge is 0.490 e. The highest BCUT2D eigenvalue weighted by atomic mass is 33.1. The molecule has 310 valence electrons. The van der Waals surface area contributed by atoms with Crippen LogP contribution in [0.4, 0.5) is 0 Å². The number of rotatable bonds is 25. The molecule has 54 heavy (non-hydrogen) atoms. The number of nitrogens with one attached hydrogen (secondary N) is 1. The second-order valence-corrected chi connectivity index (χ2v) is 22.5. The highest BCUT2D eigenvalue weighted by Gasteiger charge is 2.43. The molecule has 0 aliphatic carbocycles. The zero-order chi connectivity index (χ0) is 40.6. The Bertz CT molecular complexity index is 1730. The number of carbonyl (C=O) groups excluding carboxylic acids is 1. The van der Waals surface area contributed by atoms with Gasteiger partial charge in [-0.15, -0.1) is 0 Å². The smallest absolute Gasteiger partial charge is 0.466 e. The lowest BCUT2D eigenvalue weighted by molar-refractivity contribution is -0.143. The standard InChI is InChI=1S/C28H47N2O17P3S4/c1-5-13-28(3,4)53-52-19-41-14-9-10-15-42-25(31)12-8-7-11-21-17-30(27(33)29-26(21)32)24-16-22(43-20-54(51)6-2)23(45-24)18-44-49(37,38)47-50(39,40)46-48(34,35)36/h17,22-24H,5-6,8-10,12-16,18-20H2,1-4H3,(H,37,38)(H,39,40)(H,29,32,33)(H2,34,35,36)/t22-,23+,24+,54?/m0/s1.